The van der Waals surface area contributed by atoms with E-state index >= 15 is 0 Å². The topological polar surface area (TPSA) is 76.7 Å². The predicted octanol–water partition coefficient (Wildman–Crippen LogP) is 2.54. The molecule has 7 heteroatoms. The van der Waals surface area contributed by atoms with Gasteiger partial charge in [-0.15, -0.1) is 0 Å². The molecule has 0 saturated heterocycles. The van der Waals surface area contributed by atoms with Crippen molar-refractivity contribution < 1.29 is 19.1 Å². The van der Waals surface area contributed by atoms with Gasteiger partial charge in [0.1, 0.15) is 11.5 Å². The van der Waals surface area contributed by atoms with Gasteiger partial charge in [0.25, 0.3) is 5.91 Å². The number of amides is 2. The van der Waals surface area contributed by atoms with Crippen molar-refractivity contribution in [3.8, 4) is 11.5 Å². The number of rotatable bonds is 6. The zero-order valence-electron chi connectivity index (χ0n) is 14.0. The number of halogens is 1. The molecule has 2 amide bonds. The summed E-state index contributed by atoms with van der Waals surface area (Å²) >= 11 is 3.36. The lowest BCUT2D eigenvalue weighted by molar-refractivity contribution is -0.129. The summed E-state index contributed by atoms with van der Waals surface area (Å²) in [6, 6.07) is 12.6. The van der Waals surface area contributed by atoms with Gasteiger partial charge in [0.2, 0.25) is 5.91 Å². The fraction of sp³-hybridized carbons (Fsp3) is 0.222. The highest BCUT2D eigenvalue weighted by atomic mass is 79.9. The Morgan fingerprint density at radius 1 is 1.04 bits per heavy atom. The summed E-state index contributed by atoms with van der Waals surface area (Å²) in [5.74, 6) is 0.574. The predicted molar refractivity (Wildman–Crippen MR) is 97.4 cm³/mol. The zero-order valence-corrected chi connectivity index (χ0v) is 15.6. The molecule has 0 aliphatic heterocycles. The van der Waals surface area contributed by atoms with Crippen molar-refractivity contribution in [1.29, 1.82) is 0 Å². The van der Waals surface area contributed by atoms with Crippen molar-refractivity contribution in [3.63, 3.8) is 0 Å². The maximum absolute atomic E-state index is 11.8. The first kappa shape index (κ1) is 18.8. The maximum atomic E-state index is 11.8. The number of carbonyl (C=O) groups excluding carboxylic acids is 2. The standard InChI is InChI=1S/C18H19BrN2O4/c1-12-9-14(19)5-8-16(12)25-11-18(23)21-20-17(22)10-13-3-6-15(24-2)7-4-13/h3-9H,10-11H2,1-2H3,(H,20,22)(H,21,23). The highest BCUT2D eigenvalue weighted by Crippen LogP contribution is 2.21. The van der Waals surface area contributed by atoms with Crippen LogP contribution in [0.2, 0.25) is 0 Å². The van der Waals surface area contributed by atoms with Crippen molar-refractivity contribution in [2.24, 2.45) is 0 Å². The first-order valence-electron chi connectivity index (χ1n) is 7.57. The van der Waals surface area contributed by atoms with Gasteiger partial charge in [0.05, 0.1) is 13.5 Å². The second-order valence-corrected chi connectivity index (χ2v) is 6.24. The van der Waals surface area contributed by atoms with Crippen LogP contribution in [0.4, 0.5) is 0 Å². The largest absolute Gasteiger partial charge is 0.497 e. The molecule has 2 aromatic carbocycles. The number of ether oxygens (including phenoxy) is 2. The first-order chi connectivity index (χ1) is 12.0. The molecule has 0 bridgehead atoms. The molecule has 2 aromatic rings. The van der Waals surface area contributed by atoms with Crippen molar-refractivity contribution in [3.05, 3.63) is 58.1 Å². The average Bonchev–Trinajstić information content (AvgIpc) is 2.60. The second kappa shape index (κ2) is 9.08. The minimum Gasteiger partial charge on any atom is -0.497 e. The number of benzene rings is 2. The minimum atomic E-state index is -0.439. The van der Waals surface area contributed by atoms with E-state index in [1.54, 1.807) is 37.4 Å². The number of aryl methyl sites for hydroxylation is 1. The van der Waals surface area contributed by atoms with Gasteiger partial charge >= 0.3 is 0 Å². The molecule has 0 fully saturated rings. The molecule has 6 nitrogen and oxygen atoms in total. The molecule has 0 aliphatic rings. The van der Waals surface area contributed by atoms with E-state index in [9.17, 15) is 9.59 Å². The Hall–Kier alpha value is -2.54. The van der Waals surface area contributed by atoms with Crippen LogP contribution in [-0.2, 0) is 16.0 Å². The molecule has 0 radical (unpaired) electrons. The lowest BCUT2D eigenvalue weighted by atomic mass is 10.1. The molecule has 25 heavy (non-hydrogen) atoms. The van der Waals surface area contributed by atoms with Crippen molar-refractivity contribution in [2.75, 3.05) is 13.7 Å². The Kier molecular flexibility index (Phi) is 6.82. The van der Waals surface area contributed by atoms with Crippen LogP contribution in [0.3, 0.4) is 0 Å². The van der Waals surface area contributed by atoms with E-state index < -0.39 is 5.91 Å². The normalized spacial score (nSPS) is 10.0. The van der Waals surface area contributed by atoms with Crippen LogP contribution in [-0.4, -0.2) is 25.5 Å². The fourth-order valence-corrected chi connectivity index (χ4v) is 2.54. The van der Waals surface area contributed by atoms with E-state index in [0.717, 1.165) is 21.3 Å². The SMILES string of the molecule is COc1ccc(CC(=O)NNC(=O)COc2ccc(Br)cc2C)cc1. The summed E-state index contributed by atoms with van der Waals surface area (Å²) in [5.41, 5.74) is 6.41. The average molecular weight is 407 g/mol. The van der Waals surface area contributed by atoms with E-state index in [0.29, 0.717) is 5.75 Å². The van der Waals surface area contributed by atoms with Crippen LogP contribution in [0.25, 0.3) is 0 Å². The summed E-state index contributed by atoms with van der Waals surface area (Å²) in [4.78, 5) is 23.6. The third kappa shape index (κ3) is 6.11. The molecular weight excluding hydrogens is 388 g/mol. The first-order valence-corrected chi connectivity index (χ1v) is 8.37. The Balaban J connectivity index is 1.74. The van der Waals surface area contributed by atoms with Crippen molar-refractivity contribution >= 4 is 27.7 Å². The Bertz CT molecular complexity index is 747. The van der Waals surface area contributed by atoms with Crippen LogP contribution in [0.15, 0.2) is 46.9 Å². The smallest absolute Gasteiger partial charge is 0.276 e. The van der Waals surface area contributed by atoms with Gasteiger partial charge in [-0.3, -0.25) is 20.4 Å². The van der Waals surface area contributed by atoms with Crippen LogP contribution in [0, 0.1) is 6.92 Å². The fourth-order valence-electron chi connectivity index (χ4n) is 2.07. The molecule has 0 spiro atoms. The summed E-state index contributed by atoms with van der Waals surface area (Å²) in [7, 11) is 1.58. The molecule has 0 aliphatic carbocycles. The number of hydrogen-bond donors (Lipinski definition) is 2. The number of carbonyl (C=O) groups is 2. The molecule has 0 unspecified atom stereocenters. The Labute approximate surface area is 154 Å². The van der Waals surface area contributed by atoms with E-state index in [2.05, 4.69) is 26.8 Å². The van der Waals surface area contributed by atoms with Gasteiger partial charge in [0.15, 0.2) is 6.61 Å². The van der Waals surface area contributed by atoms with E-state index in [1.807, 2.05) is 19.1 Å². The van der Waals surface area contributed by atoms with E-state index in [-0.39, 0.29) is 18.9 Å². The number of methoxy groups -OCH3 is 1. The molecule has 132 valence electrons. The summed E-state index contributed by atoms with van der Waals surface area (Å²) in [6.45, 7) is 1.69. The lowest BCUT2D eigenvalue weighted by Crippen LogP contribution is -2.44. The number of nitrogens with one attached hydrogen (secondary N) is 2. The van der Waals surface area contributed by atoms with Gasteiger partial charge in [-0.2, -0.15) is 0 Å². The van der Waals surface area contributed by atoms with Gasteiger partial charge in [-0.05, 0) is 48.4 Å². The molecular formula is C18H19BrN2O4. The minimum absolute atomic E-state index is 0.150. The van der Waals surface area contributed by atoms with Crippen molar-refractivity contribution in [1.82, 2.24) is 10.9 Å². The Morgan fingerprint density at radius 3 is 2.36 bits per heavy atom. The maximum Gasteiger partial charge on any atom is 0.276 e. The molecule has 2 rings (SSSR count). The van der Waals surface area contributed by atoms with E-state index in [4.69, 9.17) is 9.47 Å². The molecule has 0 atom stereocenters. The van der Waals surface area contributed by atoms with Crippen LogP contribution >= 0.6 is 15.9 Å². The Morgan fingerprint density at radius 2 is 1.72 bits per heavy atom. The molecule has 0 heterocycles. The zero-order chi connectivity index (χ0) is 18.2. The second-order valence-electron chi connectivity index (χ2n) is 5.32. The van der Waals surface area contributed by atoms with Gasteiger partial charge in [-0.25, -0.2) is 0 Å². The molecule has 2 N–H and O–H groups in total. The third-order valence-electron chi connectivity index (χ3n) is 3.36. The van der Waals surface area contributed by atoms with Crippen LogP contribution in [0.1, 0.15) is 11.1 Å². The third-order valence-corrected chi connectivity index (χ3v) is 3.85. The highest BCUT2D eigenvalue weighted by Gasteiger charge is 2.08. The van der Waals surface area contributed by atoms with Crippen molar-refractivity contribution in [2.45, 2.75) is 13.3 Å². The van der Waals surface area contributed by atoms with E-state index in [1.165, 1.54) is 0 Å². The van der Waals surface area contributed by atoms with Crippen LogP contribution < -0.4 is 20.3 Å². The van der Waals surface area contributed by atoms with Gasteiger partial charge in [0, 0.05) is 4.47 Å². The number of hydrogen-bond acceptors (Lipinski definition) is 4. The number of hydrazine groups is 1. The quantitative estimate of drug-likeness (QED) is 0.722. The molecule has 0 saturated carbocycles. The highest BCUT2D eigenvalue weighted by molar-refractivity contribution is 9.10. The summed E-state index contributed by atoms with van der Waals surface area (Å²) < 4.78 is 11.4. The van der Waals surface area contributed by atoms with Gasteiger partial charge in [-0.1, -0.05) is 28.1 Å². The summed E-state index contributed by atoms with van der Waals surface area (Å²) in [6.07, 6.45) is 0.150. The monoisotopic (exact) mass is 406 g/mol. The van der Waals surface area contributed by atoms with Gasteiger partial charge < -0.3 is 9.47 Å². The lowest BCUT2D eigenvalue weighted by Gasteiger charge is -2.10. The molecule has 0 aromatic heterocycles. The summed E-state index contributed by atoms with van der Waals surface area (Å²) in [5, 5.41) is 0. The van der Waals surface area contributed by atoms with Crippen LogP contribution in [0.5, 0.6) is 11.5 Å².